The zero-order chi connectivity index (χ0) is 14.7. The van der Waals surface area contributed by atoms with Crippen molar-refractivity contribution in [3.05, 3.63) is 41.7 Å². The maximum atomic E-state index is 12.4. The Morgan fingerprint density at radius 1 is 1.43 bits per heavy atom. The molecule has 2 aromatic rings. The van der Waals surface area contributed by atoms with Crippen LogP contribution < -0.4 is 10.6 Å². The quantitative estimate of drug-likeness (QED) is 0.916. The van der Waals surface area contributed by atoms with E-state index in [1.807, 2.05) is 18.2 Å². The van der Waals surface area contributed by atoms with Crippen LogP contribution in [0.2, 0.25) is 5.02 Å². The lowest BCUT2D eigenvalue weighted by atomic mass is 9.99. The summed E-state index contributed by atoms with van der Waals surface area (Å²) in [7, 11) is 0. The Morgan fingerprint density at radius 3 is 3.05 bits per heavy atom. The molecule has 0 aliphatic carbocycles. The SMILES string of the molecule is O=C(Nc1cccc(Cl)c1-n1cccn1)[C@@H]1CCCNC1. The number of para-hydroxylation sites is 1. The van der Waals surface area contributed by atoms with Crippen molar-refractivity contribution in [3.8, 4) is 5.69 Å². The predicted octanol–water partition coefficient (Wildman–Crippen LogP) is 2.46. The van der Waals surface area contributed by atoms with E-state index in [-0.39, 0.29) is 11.8 Å². The van der Waals surface area contributed by atoms with Crippen molar-refractivity contribution < 1.29 is 4.79 Å². The number of amides is 1. The lowest BCUT2D eigenvalue weighted by Gasteiger charge is -2.22. The van der Waals surface area contributed by atoms with Crippen molar-refractivity contribution in [2.45, 2.75) is 12.8 Å². The molecule has 5 nitrogen and oxygen atoms in total. The number of hydrogen-bond acceptors (Lipinski definition) is 3. The van der Waals surface area contributed by atoms with Gasteiger partial charge in [0.15, 0.2) is 0 Å². The first-order valence-corrected chi connectivity index (χ1v) is 7.43. The highest BCUT2D eigenvalue weighted by atomic mass is 35.5. The van der Waals surface area contributed by atoms with Crippen LogP contribution in [0.1, 0.15) is 12.8 Å². The lowest BCUT2D eigenvalue weighted by molar-refractivity contribution is -0.120. The van der Waals surface area contributed by atoms with Crippen LogP contribution in [0.3, 0.4) is 0 Å². The van der Waals surface area contributed by atoms with Crippen molar-refractivity contribution in [1.29, 1.82) is 0 Å². The van der Waals surface area contributed by atoms with Gasteiger partial charge in [-0.1, -0.05) is 17.7 Å². The summed E-state index contributed by atoms with van der Waals surface area (Å²) >= 11 is 6.27. The van der Waals surface area contributed by atoms with Gasteiger partial charge in [0.25, 0.3) is 0 Å². The number of rotatable bonds is 3. The standard InChI is InChI=1S/C15H17ClN4O/c16-12-5-1-6-13(14(12)20-9-3-8-18-20)19-15(21)11-4-2-7-17-10-11/h1,3,5-6,8-9,11,17H,2,4,7,10H2,(H,19,21)/t11-/m1/s1. The molecule has 21 heavy (non-hydrogen) atoms. The van der Waals surface area contributed by atoms with E-state index in [9.17, 15) is 4.79 Å². The van der Waals surface area contributed by atoms with Gasteiger partial charge in [-0.15, -0.1) is 0 Å². The van der Waals surface area contributed by atoms with E-state index >= 15 is 0 Å². The Labute approximate surface area is 128 Å². The van der Waals surface area contributed by atoms with Gasteiger partial charge in [0.1, 0.15) is 5.69 Å². The smallest absolute Gasteiger partial charge is 0.228 e. The third kappa shape index (κ3) is 3.09. The number of carbonyl (C=O) groups excluding carboxylic acids is 1. The summed E-state index contributed by atoms with van der Waals surface area (Å²) in [5, 5.41) is 11.0. The fourth-order valence-corrected chi connectivity index (χ4v) is 2.82. The van der Waals surface area contributed by atoms with Crippen LogP contribution in [-0.4, -0.2) is 28.8 Å². The van der Waals surface area contributed by atoms with Gasteiger partial charge < -0.3 is 10.6 Å². The molecule has 0 saturated carbocycles. The zero-order valence-corrected chi connectivity index (χ0v) is 12.3. The number of carbonyl (C=O) groups is 1. The van der Waals surface area contributed by atoms with E-state index in [4.69, 9.17) is 11.6 Å². The van der Waals surface area contributed by atoms with Crippen molar-refractivity contribution in [2.75, 3.05) is 18.4 Å². The molecule has 0 bridgehead atoms. The second-order valence-corrected chi connectivity index (χ2v) is 5.53. The average Bonchev–Trinajstić information content (AvgIpc) is 3.02. The van der Waals surface area contributed by atoms with Gasteiger partial charge in [0, 0.05) is 18.9 Å². The summed E-state index contributed by atoms with van der Waals surface area (Å²) in [6.45, 7) is 1.71. The molecular formula is C15H17ClN4O. The summed E-state index contributed by atoms with van der Waals surface area (Å²) in [6.07, 6.45) is 5.43. The molecule has 1 aliphatic heterocycles. The van der Waals surface area contributed by atoms with Crippen LogP contribution in [0, 0.1) is 5.92 Å². The summed E-state index contributed by atoms with van der Waals surface area (Å²) in [4.78, 5) is 12.4. The molecule has 1 aromatic heterocycles. The highest BCUT2D eigenvalue weighted by Crippen LogP contribution is 2.28. The molecule has 1 aliphatic rings. The van der Waals surface area contributed by atoms with E-state index in [2.05, 4.69) is 15.7 Å². The minimum absolute atomic E-state index is 0.00297. The molecular weight excluding hydrogens is 288 g/mol. The Morgan fingerprint density at radius 2 is 2.33 bits per heavy atom. The Kier molecular flexibility index (Phi) is 4.22. The molecule has 2 heterocycles. The number of nitrogens with one attached hydrogen (secondary N) is 2. The van der Waals surface area contributed by atoms with Crippen molar-refractivity contribution in [2.24, 2.45) is 5.92 Å². The number of aromatic nitrogens is 2. The third-order valence-corrected chi connectivity index (χ3v) is 3.95. The Bertz CT molecular complexity index is 621. The van der Waals surface area contributed by atoms with E-state index in [0.717, 1.165) is 25.9 Å². The molecule has 1 fully saturated rings. The number of halogens is 1. The van der Waals surface area contributed by atoms with Crippen molar-refractivity contribution in [3.63, 3.8) is 0 Å². The third-order valence-electron chi connectivity index (χ3n) is 3.65. The van der Waals surface area contributed by atoms with Crippen LogP contribution in [0.25, 0.3) is 5.69 Å². The van der Waals surface area contributed by atoms with Gasteiger partial charge in [-0.05, 0) is 37.6 Å². The first kappa shape index (κ1) is 14.1. The first-order valence-electron chi connectivity index (χ1n) is 7.06. The second kappa shape index (κ2) is 6.28. The van der Waals surface area contributed by atoms with Gasteiger partial charge in [-0.3, -0.25) is 4.79 Å². The molecule has 3 rings (SSSR count). The fraction of sp³-hybridized carbons (Fsp3) is 0.333. The fourth-order valence-electron chi connectivity index (χ4n) is 2.56. The van der Waals surface area contributed by atoms with Crippen LogP contribution in [0.4, 0.5) is 5.69 Å². The maximum absolute atomic E-state index is 12.4. The second-order valence-electron chi connectivity index (χ2n) is 5.12. The Hall–Kier alpha value is -1.85. The number of hydrogen-bond donors (Lipinski definition) is 2. The number of piperidine rings is 1. The van der Waals surface area contributed by atoms with Gasteiger partial charge in [-0.2, -0.15) is 5.10 Å². The first-order chi connectivity index (χ1) is 10.3. The highest BCUT2D eigenvalue weighted by Gasteiger charge is 2.22. The van der Waals surface area contributed by atoms with Gasteiger partial charge in [0.05, 0.1) is 16.6 Å². The van der Waals surface area contributed by atoms with Gasteiger partial charge in [-0.25, -0.2) is 4.68 Å². The molecule has 0 unspecified atom stereocenters. The lowest BCUT2D eigenvalue weighted by Crippen LogP contribution is -2.37. The average molecular weight is 305 g/mol. The van der Waals surface area contributed by atoms with Gasteiger partial charge in [0.2, 0.25) is 5.91 Å². The minimum atomic E-state index is 0.00297. The van der Waals surface area contributed by atoms with Crippen LogP contribution >= 0.6 is 11.6 Å². The van der Waals surface area contributed by atoms with Crippen LogP contribution in [-0.2, 0) is 4.79 Å². The number of nitrogens with zero attached hydrogens (tertiary/aromatic N) is 2. The molecule has 0 radical (unpaired) electrons. The summed E-state index contributed by atoms with van der Waals surface area (Å²) < 4.78 is 1.66. The molecule has 2 N–H and O–H groups in total. The topological polar surface area (TPSA) is 59.0 Å². The van der Waals surface area contributed by atoms with Crippen molar-refractivity contribution >= 4 is 23.2 Å². The number of benzene rings is 1. The van der Waals surface area contributed by atoms with Crippen molar-refractivity contribution in [1.82, 2.24) is 15.1 Å². The molecule has 1 amide bonds. The summed E-state index contributed by atoms with van der Waals surface area (Å²) in [5.74, 6) is 0.0288. The molecule has 1 atom stereocenters. The molecule has 6 heteroatoms. The highest BCUT2D eigenvalue weighted by molar-refractivity contribution is 6.33. The van der Waals surface area contributed by atoms with E-state index in [1.165, 1.54) is 0 Å². The van der Waals surface area contributed by atoms with Gasteiger partial charge >= 0.3 is 0 Å². The zero-order valence-electron chi connectivity index (χ0n) is 11.6. The number of anilines is 1. The summed E-state index contributed by atoms with van der Waals surface area (Å²) in [6, 6.07) is 7.28. The minimum Gasteiger partial charge on any atom is -0.324 e. The molecule has 0 spiro atoms. The van der Waals surface area contributed by atoms with Crippen LogP contribution in [0.15, 0.2) is 36.7 Å². The summed E-state index contributed by atoms with van der Waals surface area (Å²) in [5.41, 5.74) is 1.38. The monoisotopic (exact) mass is 304 g/mol. The van der Waals surface area contributed by atoms with Crippen LogP contribution in [0.5, 0.6) is 0 Å². The molecule has 1 saturated heterocycles. The van der Waals surface area contributed by atoms with E-state index in [0.29, 0.717) is 16.4 Å². The predicted molar refractivity (Wildman–Crippen MR) is 82.8 cm³/mol. The normalized spacial score (nSPS) is 18.4. The molecule has 110 valence electrons. The molecule has 1 aromatic carbocycles. The maximum Gasteiger partial charge on any atom is 0.228 e. The largest absolute Gasteiger partial charge is 0.324 e. The van der Waals surface area contributed by atoms with E-state index in [1.54, 1.807) is 23.1 Å². The Balaban J connectivity index is 1.85. The van der Waals surface area contributed by atoms with E-state index < -0.39 is 0 Å².